The highest BCUT2D eigenvalue weighted by atomic mass is 28.3. The van der Waals surface area contributed by atoms with Gasteiger partial charge in [-0.05, 0) is 64.8 Å². The number of fused-ring (bicyclic) bond motifs is 3. The molecule has 0 fully saturated rings. The topological polar surface area (TPSA) is 30.7 Å². The lowest BCUT2D eigenvalue weighted by atomic mass is 10.1. The van der Waals surface area contributed by atoms with Crippen LogP contribution in [0.1, 0.15) is 0 Å². The zero-order valence-electron chi connectivity index (χ0n) is 41.3. The number of rotatable bonds is 12. The molecule has 2 heterocycles. The van der Waals surface area contributed by atoms with E-state index in [-0.39, 0.29) is 0 Å². The van der Waals surface area contributed by atoms with E-state index in [0.29, 0.717) is 5.82 Å². The Balaban J connectivity index is 1.21. The van der Waals surface area contributed by atoms with E-state index in [0.717, 1.165) is 33.7 Å². The van der Waals surface area contributed by atoms with E-state index in [4.69, 9.17) is 9.97 Å². The van der Waals surface area contributed by atoms with Crippen molar-refractivity contribution in [3.05, 3.63) is 309 Å². The highest BCUT2D eigenvalue weighted by Crippen LogP contribution is 2.34. The third-order valence-electron chi connectivity index (χ3n) is 15.1. The van der Waals surface area contributed by atoms with Gasteiger partial charge in [0.15, 0.2) is 22.0 Å². The molecular weight excluding hydrogens is 939 g/mol. The molecule has 0 aliphatic rings. The normalized spacial score (nSPS) is 11.7. The van der Waals surface area contributed by atoms with E-state index in [1.165, 1.54) is 63.4 Å². The predicted octanol–water partition coefficient (Wildman–Crippen LogP) is 11.3. The molecule has 0 aliphatic carbocycles. The van der Waals surface area contributed by atoms with Crippen LogP contribution in [0.4, 0.5) is 0 Å². The van der Waals surface area contributed by atoms with Crippen molar-refractivity contribution in [1.29, 1.82) is 0 Å². The van der Waals surface area contributed by atoms with Gasteiger partial charge in [-0.1, -0.05) is 291 Å². The highest BCUT2D eigenvalue weighted by molar-refractivity contribution is 7.22. The van der Waals surface area contributed by atoms with Crippen LogP contribution in [-0.4, -0.2) is 30.7 Å². The first-order valence-electron chi connectivity index (χ1n) is 25.7. The van der Waals surface area contributed by atoms with Gasteiger partial charge < -0.3 is 0 Å². The van der Waals surface area contributed by atoms with E-state index >= 15 is 0 Å². The minimum atomic E-state index is -3.28. The summed E-state index contributed by atoms with van der Waals surface area (Å²) >= 11 is 0. The summed E-state index contributed by atoms with van der Waals surface area (Å²) in [6.07, 6.45) is 0. The van der Waals surface area contributed by atoms with Gasteiger partial charge in [-0.3, -0.25) is 4.57 Å². The predicted molar refractivity (Wildman–Crippen MR) is 320 cm³/mol. The molecule has 0 saturated carbocycles. The third-order valence-corrected chi connectivity index (χ3v) is 24.6. The largest absolute Gasteiger partial charge is 0.294 e. The standard InChI is InChI=1S/C70H51N3Si2/c1-8-27-52(28-9-1)54-31-26-42-61(47-54)75(59-38-18-6-19-39-59,60-40-20-7-21-41-60)63-49-55(48-62(50-63)74(56-32-12-3-13-33-56,57-34-14-4-15-35-57)58-36-16-5-17-37-58)66-51-69(72-70(71-66)53-29-10-2-11-30-53)73-67-45-24-22-43-64(67)65-44-23-25-46-68(65)73/h1-51H. The van der Waals surface area contributed by atoms with E-state index in [9.17, 15) is 0 Å². The summed E-state index contributed by atoms with van der Waals surface area (Å²) in [5.41, 5.74) is 7.41. The van der Waals surface area contributed by atoms with Gasteiger partial charge in [-0.2, -0.15) is 0 Å². The number of hydrogen-bond donors (Lipinski definition) is 0. The Morgan fingerprint density at radius 3 is 1.04 bits per heavy atom. The number of hydrogen-bond acceptors (Lipinski definition) is 2. The zero-order valence-corrected chi connectivity index (χ0v) is 43.3. The molecule has 75 heavy (non-hydrogen) atoms. The maximum absolute atomic E-state index is 5.69. The monoisotopic (exact) mass is 989 g/mol. The summed E-state index contributed by atoms with van der Waals surface area (Å²) in [5.74, 6) is 1.48. The molecular formula is C70H51N3Si2. The number of nitrogens with zero attached hydrogens (tertiary/aromatic N) is 3. The van der Waals surface area contributed by atoms with Crippen LogP contribution in [0.2, 0.25) is 0 Å². The highest BCUT2D eigenvalue weighted by Gasteiger charge is 2.46. The molecule has 13 aromatic rings. The Morgan fingerprint density at radius 2 is 0.587 bits per heavy atom. The molecule has 0 unspecified atom stereocenters. The molecule has 354 valence electrons. The smallest absolute Gasteiger partial charge is 0.179 e. The Kier molecular flexibility index (Phi) is 11.9. The Morgan fingerprint density at radius 1 is 0.240 bits per heavy atom. The summed E-state index contributed by atoms with van der Waals surface area (Å²) < 4.78 is 2.33. The van der Waals surface area contributed by atoms with Crippen molar-refractivity contribution in [3.63, 3.8) is 0 Å². The second-order valence-electron chi connectivity index (χ2n) is 19.2. The molecule has 13 rings (SSSR count). The first-order chi connectivity index (χ1) is 37.2. The van der Waals surface area contributed by atoms with E-state index in [2.05, 4.69) is 314 Å². The summed E-state index contributed by atoms with van der Waals surface area (Å²) in [6, 6.07) is 114. The lowest BCUT2D eigenvalue weighted by molar-refractivity contribution is 1.05. The van der Waals surface area contributed by atoms with Gasteiger partial charge in [-0.15, -0.1) is 0 Å². The second kappa shape index (κ2) is 19.6. The molecule has 0 N–H and O–H groups in total. The zero-order chi connectivity index (χ0) is 50.0. The summed E-state index contributed by atoms with van der Waals surface area (Å²) in [7, 11) is -6.47. The average molecular weight is 990 g/mol. The number of para-hydroxylation sites is 2. The van der Waals surface area contributed by atoms with Gasteiger partial charge in [0, 0.05) is 28.0 Å². The molecule has 0 atom stereocenters. The van der Waals surface area contributed by atoms with Crippen molar-refractivity contribution in [3.8, 4) is 39.6 Å². The minimum absolute atomic E-state index is 0.666. The fourth-order valence-corrected chi connectivity index (χ4v) is 21.6. The van der Waals surface area contributed by atoms with Crippen molar-refractivity contribution in [2.75, 3.05) is 0 Å². The molecule has 3 nitrogen and oxygen atoms in total. The van der Waals surface area contributed by atoms with Gasteiger partial charge in [0.25, 0.3) is 0 Å². The molecule has 0 saturated heterocycles. The first-order valence-corrected chi connectivity index (χ1v) is 29.7. The molecule has 11 aromatic carbocycles. The molecule has 2 aromatic heterocycles. The van der Waals surface area contributed by atoms with Gasteiger partial charge >= 0.3 is 0 Å². The summed E-state index contributed by atoms with van der Waals surface area (Å²) in [5, 5.41) is 12.7. The lowest BCUT2D eigenvalue weighted by Crippen LogP contribution is -2.78. The Hall–Kier alpha value is -9.27. The van der Waals surface area contributed by atoms with Crippen LogP contribution >= 0.6 is 0 Å². The van der Waals surface area contributed by atoms with Crippen molar-refractivity contribution < 1.29 is 0 Å². The molecule has 0 aliphatic heterocycles. The first kappa shape index (κ1) is 45.6. The maximum Gasteiger partial charge on any atom is 0.179 e. The van der Waals surface area contributed by atoms with Crippen molar-refractivity contribution in [1.82, 2.24) is 14.5 Å². The Labute approximate surface area is 440 Å². The maximum atomic E-state index is 5.69. The van der Waals surface area contributed by atoms with Crippen molar-refractivity contribution in [2.45, 2.75) is 0 Å². The third kappa shape index (κ3) is 7.97. The fourth-order valence-electron chi connectivity index (χ4n) is 11.8. The summed E-state index contributed by atoms with van der Waals surface area (Å²) in [6.45, 7) is 0. The van der Waals surface area contributed by atoms with Crippen molar-refractivity contribution >= 4 is 79.4 Å². The van der Waals surface area contributed by atoms with Gasteiger partial charge in [0.2, 0.25) is 0 Å². The van der Waals surface area contributed by atoms with Crippen LogP contribution in [0.15, 0.2) is 309 Å². The van der Waals surface area contributed by atoms with E-state index in [1.54, 1.807) is 0 Å². The minimum Gasteiger partial charge on any atom is -0.294 e. The van der Waals surface area contributed by atoms with Gasteiger partial charge in [0.1, 0.15) is 5.82 Å². The quantitative estimate of drug-likeness (QED) is 0.0902. The molecule has 5 heteroatoms. The van der Waals surface area contributed by atoms with Crippen LogP contribution in [-0.2, 0) is 0 Å². The molecule has 0 spiro atoms. The van der Waals surface area contributed by atoms with Gasteiger partial charge in [0.05, 0.1) is 16.7 Å². The second-order valence-corrected chi connectivity index (χ2v) is 26.9. The molecule has 0 bridgehead atoms. The number of benzene rings is 11. The Bertz CT molecular complexity index is 3910. The van der Waals surface area contributed by atoms with E-state index in [1.807, 2.05) is 0 Å². The molecule has 0 amide bonds. The molecule has 0 radical (unpaired) electrons. The number of aromatic nitrogens is 3. The lowest BCUT2D eigenvalue weighted by Gasteiger charge is -2.38. The van der Waals surface area contributed by atoms with Gasteiger partial charge in [-0.25, -0.2) is 9.97 Å². The SMILES string of the molecule is c1ccc(-c2cccc([Si](c3ccccc3)(c3ccccc3)c3cc(-c4cc(-n5c6ccccc6c6ccccc65)nc(-c5ccccc5)n4)cc([Si](c4ccccc4)(c4ccccc4)c4ccccc4)c3)c2)cc1. The summed E-state index contributed by atoms with van der Waals surface area (Å²) in [4.78, 5) is 11.2. The van der Waals surface area contributed by atoms with E-state index < -0.39 is 16.1 Å². The van der Waals surface area contributed by atoms with Crippen LogP contribution < -0.4 is 41.5 Å². The van der Waals surface area contributed by atoms with Crippen LogP contribution in [0.3, 0.4) is 0 Å². The van der Waals surface area contributed by atoms with Crippen LogP contribution in [0.25, 0.3) is 61.4 Å². The fraction of sp³-hybridized carbons (Fsp3) is 0. The van der Waals surface area contributed by atoms with Crippen LogP contribution in [0.5, 0.6) is 0 Å². The average Bonchev–Trinajstić information content (AvgIpc) is 3.85. The van der Waals surface area contributed by atoms with Crippen molar-refractivity contribution in [2.24, 2.45) is 0 Å². The van der Waals surface area contributed by atoms with Crippen LogP contribution in [0, 0.1) is 0 Å².